The number of carbonyl (C=O) groups is 1. The first-order chi connectivity index (χ1) is 13.5. The molecule has 0 aliphatic rings. The fourth-order valence-electron chi connectivity index (χ4n) is 2.78. The van der Waals surface area contributed by atoms with Gasteiger partial charge >= 0.3 is 0 Å². The van der Waals surface area contributed by atoms with Crippen LogP contribution in [0.4, 0.5) is 11.4 Å². The lowest BCUT2D eigenvalue weighted by Gasteiger charge is -2.11. The van der Waals surface area contributed by atoms with Crippen molar-refractivity contribution in [2.24, 2.45) is 0 Å². The van der Waals surface area contributed by atoms with E-state index in [2.05, 4.69) is 21.7 Å². The van der Waals surface area contributed by atoms with E-state index in [0.717, 1.165) is 22.7 Å². The number of aromatic nitrogens is 1. The lowest BCUT2D eigenvalue weighted by molar-refractivity contribution is 0.0946. The highest BCUT2D eigenvalue weighted by Gasteiger charge is 2.08. The first kappa shape index (κ1) is 19.4. The molecule has 0 saturated carbocycles. The molecule has 2 aromatic carbocycles. The highest BCUT2D eigenvalue weighted by molar-refractivity contribution is 5.93. The van der Waals surface area contributed by atoms with Crippen molar-refractivity contribution in [2.45, 2.75) is 33.4 Å². The van der Waals surface area contributed by atoms with Crippen molar-refractivity contribution in [2.75, 3.05) is 5.32 Å². The van der Waals surface area contributed by atoms with E-state index < -0.39 is 0 Å². The Balaban J connectivity index is 1.62. The molecule has 0 aliphatic heterocycles. The van der Waals surface area contributed by atoms with Crippen LogP contribution in [0.15, 0.2) is 66.9 Å². The highest BCUT2D eigenvalue weighted by Crippen LogP contribution is 2.21. The molecule has 2 N–H and O–H groups in total. The topological polar surface area (TPSA) is 63.2 Å². The number of nitrogens with one attached hydrogen (secondary N) is 2. The van der Waals surface area contributed by atoms with Gasteiger partial charge in [-0.15, -0.1) is 0 Å². The van der Waals surface area contributed by atoms with Gasteiger partial charge < -0.3 is 15.4 Å². The van der Waals surface area contributed by atoms with E-state index in [9.17, 15) is 4.79 Å². The molecule has 0 spiro atoms. The van der Waals surface area contributed by atoms with Gasteiger partial charge in [-0.2, -0.15) is 0 Å². The molecule has 0 unspecified atom stereocenters. The van der Waals surface area contributed by atoms with E-state index in [0.29, 0.717) is 12.2 Å². The number of carbonyl (C=O) groups excluding carboxylic acids is 1. The van der Waals surface area contributed by atoms with Crippen LogP contribution in [0, 0.1) is 6.92 Å². The van der Waals surface area contributed by atoms with Crippen LogP contribution in [0.2, 0.25) is 0 Å². The summed E-state index contributed by atoms with van der Waals surface area (Å²) in [6, 6.07) is 19.3. The average Bonchev–Trinajstić information content (AvgIpc) is 2.67. The number of benzene rings is 2. The number of aryl methyl sites for hydroxylation is 1. The van der Waals surface area contributed by atoms with Gasteiger partial charge in [-0.3, -0.25) is 9.78 Å². The third-order valence-electron chi connectivity index (χ3n) is 4.04. The Bertz CT molecular complexity index is 937. The zero-order valence-corrected chi connectivity index (χ0v) is 16.4. The Labute approximate surface area is 165 Å². The fourth-order valence-corrected chi connectivity index (χ4v) is 2.78. The SMILES string of the molecule is Cc1cccc(CNC(=O)c2cc(Nc3ccc(OC(C)C)cc3)ccn2)c1. The number of ether oxygens (including phenoxy) is 1. The van der Waals surface area contributed by atoms with Crippen molar-refractivity contribution in [1.29, 1.82) is 0 Å². The van der Waals surface area contributed by atoms with Gasteiger partial charge in [0.2, 0.25) is 0 Å². The summed E-state index contributed by atoms with van der Waals surface area (Å²) in [5.74, 6) is 0.623. The molecule has 0 radical (unpaired) electrons. The quantitative estimate of drug-likeness (QED) is 0.620. The largest absolute Gasteiger partial charge is 0.491 e. The van der Waals surface area contributed by atoms with E-state index in [1.807, 2.05) is 69.3 Å². The van der Waals surface area contributed by atoms with Crippen LogP contribution in [0.25, 0.3) is 0 Å². The predicted molar refractivity (Wildman–Crippen MR) is 112 cm³/mol. The molecule has 1 heterocycles. The Morgan fingerprint density at radius 1 is 1.04 bits per heavy atom. The van der Waals surface area contributed by atoms with Crippen molar-refractivity contribution in [3.05, 3.63) is 83.7 Å². The lowest BCUT2D eigenvalue weighted by Crippen LogP contribution is -2.23. The number of pyridine rings is 1. The van der Waals surface area contributed by atoms with Gasteiger partial charge in [0.15, 0.2) is 0 Å². The molecule has 0 bridgehead atoms. The van der Waals surface area contributed by atoms with Crippen LogP contribution in [-0.2, 0) is 6.54 Å². The summed E-state index contributed by atoms with van der Waals surface area (Å²) in [5.41, 5.74) is 4.31. The number of hydrogen-bond acceptors (Lipinski definition) is 4. The first-order valence-corrected chi connectivity index (χ1v) is 9.33. The number of hydrogen-bond donors (Lipinski definition) is 2. The molecule has 28 heavy (non-hydrogen) atoms. The maximum atomic E-state index is 12.4. The Morgan fingerprint density at radius 2 is 1.82 bits per heavy atom. The molecule has 144 valence electrons. The van der Waals surface area contributed by atoms with Gasteiger partial charge in [-0.1, -0.05) is 29.8 Å². The monoisotopic (exact) mass is 375 g/mol. The van der Waals surface area contributed by atoms with Crippen molar-refractivity contribution in [1.82, 2.24) is 10.3 Å². The number of amides is 1. The maximum absolute atomic E-state index is 12.4. The molecular formula is C23H25N3O2. The van der Waals surface area contributed by atoms with Crippen molar-refractivity contribution >= 4 is 17.3 Å². The second kappa shape index (κ2) is 9.04. The smallest absolute Gasteiger partial charge is 0.270 e. The van der Waals surface area contributed by atoms with E-state index >= 15 is 0 Å². The van der Waals surface area contributed by atoms with Gasteiger partial charge in [-0.25, -0.2) is 0 Å². The summed E-state index contributed by atoms with van der Waals surface area (Å²) < 4.78 is 5.65. The molecule has 3 rings (SSSR count). The van der Waals surface area contributed by atoms with Gasteiger partial charge in [0.05, 0.1) is 6.10 Å². The summed E-state index contributed by atoms with van der Waals surface area (Å²) >= 11 is 0. The molecule has 0 fully saturated rings. The normalized spacial score (nSPS) is 10.6. The minimum absolute atomic E-state index is 0.139. The van der Waals surface area contributed by atoms with Gasteiger partial charge in [-0.05, 0) is 62.7 Å². The van der Waals surface area contributed by atoms with Crippen LogP contribution in [-0.4, -0.2) is 17.0 Å². The summed E-state index contributed by atoms with van der Waals surface area (Å²) in [6.45, 7) is 6.49. The van der Waals surface area contributed by atoms with Crippen LogP contribution >= 0.6 is 0 Å². The average molecular weight is 375 g/mol. The second-order valence-electron chi connectivity index (χ2n) is 6.92. The Morgan fingerprint density at radius 3 is 2.54 bits per heavy atom. The molecule has 1 amide bonds. The molecule has 1 aromatic heterocycles. The molecule has 3 aromatic rings. The number of nitrogens with zero attached hydrogens (tertiary/aromatic N) is 1. The minimum atomic E-state index is -0.203. The third kappa shape index (κ3) is 5.58. The van der Waals surface area contributed by atoms with Crippen LogP contribution in [0.5, 0.6) is 5.75 Å². The highest BCUT2D eigenvalue weighted by atomic mass is 16.5. The molecule has 0 saturated heterocycles. The summed E-state index contributed by atoms with van der Waals surface area (Å²) in [5, 5.41) is 6.20. The number of anilines is 2. The molecule has 0 aliphatic carbocycles. The van der Waals surface area contributed by atoms with Crippen LogP contribution < -0.4 is 15.4 Å². The zero-order chi connectivity index (χ0) is 19.9. The van der Waals surface area contributed by atoms with Crippen molar-refractivity contribution in [3.63, 3.8) is 0 Å². The van der Waals surface area contributed by atoms with Crippen molar-refractivity contribution in [3.8, 4) is 5.75 Å². The van der Waals surface area contributed by atoms with Gasteiger partial charge in [0, 0.05) is 24.1 Å². The summed E-state index contributed by atoms with van der Waals surface area (Å²) in [7, 11) is 0. The third-order valence-corrected chi connectivity index (χ3v) is 4.04. The first-order valence-electron chi connectivity index (χ1n) is 9.33. The molecule has 0 atom stereocenters. The predicted octanol–water partition coefficient (Wildman–Crippen LogP) is 4.85. The van der Waals surface area contributed by atoms with Crippen molar-refractivity contribution < 1.29 is 9.53 Å². The van der Waals surface area contributed by atoms with Gasteiger partial charge in [0.1, 0.15) is 11.4 Å². The van der Waals surface area contributed by atoms with E-state index in [1.165, 1.54) is 5.56 Å². The lowest BCUT2D eigenvalue weighted by atomic mass is 10.1. The standard InChI is InChI=1S/C23H25N3O2/c1-16(2)28-21-9-7-19(8-10-21)26-20-11-12-24-22(14-20)23(27)25-15-18-6-4-5-17(3)13-18/h4-14,16H,15H2,1-3H3,(H,24,26)(H,25,27). The van der Waals surface area contributed by atoms with E-state index in [1.54, 1.807) is 12.3 Å². The Hall–Kier alpha value is -3.34. The van der Waals surface area contributed by atoms with E-state index in [-0.39, 0.29) is 12.0 Å². The molecule has 5 heteroatoms. The minimum Gasteiger partial charge on any atom is -0.491 e. The van der Waals surface area contributed by atoms with E-state index in [4.69, 9.17) is 4.74 Å². The molecule has 5 nitrogen and oxygen atoms in total. The number of rotatable bonds is 7. The van der Waals surface area contributed by atoms with Gasteiger partial charge in [0.25, 0.3) is 5.91 Å². The fraction of sp³-hybridized carbons (Fsp3) is 0.217. The van der Waals surface area contributed by atoms with Crippen LogP contribution in [0.3, 0.4) is 0 Å². The van der Waals surface area contributed by atoms with Crippen LogP contribution in [0.1, 0.15) is 35.5 Å². The Kier molecular flexibility index (Phi) is 6.27. The maximum Gasteiger partial charge on any atom is 0.270 e. The summed E-state index contributed by atoms with van der Waals surface area (Å²) in [4.78, 5) is 16.6. The summed E-state index contributed by atoms with van der Waals surface area (Å²) in [6.07, 6.45) is 1.76. The molecular weight excluding hydrogens is 350 g/mol. The second-order valence-corrected chi connectivity index (χ2v) is 6.92. The zero-order valence-electron chi connectivity index (χ0n) is 16.4.